The van der Waals surface area contributed by atoms with Crippen LogP contribution in [0.25, 0.3) is 0 Å². The van der Waals surface area contributed by atoms with Crippen molar-refractivity contribution in [3.8, 4) is 0 Å². The molecule has 0 atom stereocenters. The Morgan fingerprint density at radius 3 is 1.39 bits per heavy atom. The van der Waals surface area contributed by atoms with Crippen molar-refractivity contribution in [1.29, 1.82) is 0 Å². The van der Waals surface area contributed by atoms with Crippen LogP contribution in [-0.4, -0.2) is 53.9 Å². The van der Waals surface area contributed by atoms with Gasteiger partial charge in [-0.1, -0.05) is 30.3 Å². The van der Waals surface area contributed by atoms with Crippen LogP contribution in [0.3, 0.4) is 0 Å². The second-order valence-corrected chi connectivity index (χ2v) is 4.84. The summed E-state index contributed by atoms with van der Waals surface area (Å²) >= 11 is 0. The van der Waals surface area contributed by atoms with Crippen molar-refractivity contribution in [2.45, 2.75) is 0 Å². The van der Waals surface area contributed by atoms with E-state index >= 15 is 0 Å². The Labute approximate surface area is 160 Å². The molecule has 6 N–H and O–H groups in total. The van der Waals surface area contributed by atoms with E-state index in [0.29, 0.717) is 0 Å². The summed E-state index contributed by atoms with van der Waals surface area (Å²) in [6.45, 7) is 0. The molecule has 0 saturated carbocycles. The first-order valence-corrected chi connectivity index (χ1v) is 7.40. The molecular weight excluding hydrogens is 372 g/mol. The zero-order valence-electron chi connectivity index (χ0n) is 15.1. The fourth-order valence-electron chi connectivity index (χ4n) is 2.00. The Kier molecular flexibility index (Phi) is 11.9. The van der Waals surface area contributed by atoms with E-state index in [4.69, 9.17) is 5.11 Å². The number of carbonyl (C=O) groups excluding carboxylic acids is 3. The molecule has 10 heteroatoms. The number of hydrogen-bond donors (Lipinski definition) is 3. The van der Waals surface area contributed by atoms with Crippen LogP contribution in [0.5, 0.6) is 0 Å². The average molecular weight is 392 g/mol. The SMILES string of the molecule is CNC(=O)c1ccccc1C(=O)O.CNC(=O)c1ccccc1C(=O)[O-].O.[OH-]. The molecule has 0 fully saturated rings. The van der Waals surface area contributed by atoms with Crippen molar-refractivity contribution in [2.75, 3.05) is 14.1 Å². The molecule has 0 radical (unpaired) electrons. The number of hydrogen-bond acceptors (Lipinski definition) is 6. The summed E-state index contributed by atoms with van der Waals surface area (Å²) in [5, 5.41) is 24.0. The van der Waals surface area contributed by atoms with Crippen LogP contribution in [0.1, 0.15) is 41.4 Å². The number of carboxylic acid groups (broad SMARTS) is 2. The highest BCUT2D eigenvalue weighted by Gasteiger charge is 2.13. The molecule has 2 aromatic carbocycles. The summed E-state index contributed by atoms with van der Waals surface area (Å²) < 4.78 is 0. The van der Waals surface area contributed by atoms with Crippen LogP contribution < -0.4 is 15.7 Å². The lowest BCUT2D eigenvalue weighted by Gasteiger charge is -2.07. The van der Waals surface area contributed by atoms with Crippen molar-refractivity contribution in [1.82, 2.24) is 10.6 Å². The molecule has 10 nitrogen and oxygen atoms in total. The zero-order chi connectivity index (χ0) is 19.7. The first kappa shape index (κ1) is 26.5. The molecule has 0 aliphatic rings. The van der Waals surface area contributed by atoms with Gasteiger partial charge in [0.15, 0.2) is 0 Å². The number of amides is 2. The predicted octanol–water partition coefficient (Wildman–Crippen LogP) is -0.847. The van der Waals surface area contributed by atoms with Gasteiger partial charge in [0, 0.05) is 25.2 Å². The zero-order valence-corrected chi connectivity index (χ0v) is 15.1. The summed E-state index contributed by atoms with van der Waals surface area (Å²) in [5.41, 5.74) is 0.214. The molecule has 2 aromatic rings. The first-order valence-electron chi connectivity index (χ1n) is 7.40. The number of benzene rings is 2. The summed E-state index contributed by atoms with van der Waals surface area (Å²) in [4.78, 5) is 43.5. The Bertz CT molecular complexity index is 766. The van der Waals surface area contributed by atoms with E-state index < -0.39 is 23.8 Å². The fourth-order valence-corrected chi connectivity index (χ4v) is 2.00. The van der Waals surface area contributed by atoms with Gasteiger partial charge < -0.3 is 36.6 Å². The number of rotatable bonds is 4. The van der Waals surface area contributed by atoms with Crippen LogP contribution >= 0.6 is 0 Å². The third kappa shape index (κ3) is 6.86. The van der Waals surface area contributed by atoms with E-state index in [2.05, 4.69) is 10.6 Å². The minimum Gasteiger partial charge on any atom is -0.870 e. The highest BCUT2D eigenvalue weighted by atomic mass is 16.4. The lowest BCUT2D eigenvalue weighted by molar-refractivity contribution is -0.255. The molecule has 152 valence electrons. The highest BCUT2D eigenvalue weighted by Crippen LogP contribution is 2.08. The van der Waals surface area contributed by atoms with Gasteiger partial charge in [-0.3, -0.25) is 9.59 Å². The smallest absolute Gasteiger partial charge is 0.336 e. The lowest BCUT2D eigenvalue weighted by atomic mass is 10.1. The van der Waals surface area contributed by atoms with Crippen molar-refractivity contribution < 1.29 is 40.3 Å². The minimum atomic E-state index is -1.35. The van der Waals surface area contributed by atoms with Gasteiger partial charge in [-0.25, -0.2) is 4.79 Å². The molecule has 0 aliphatic heterocycles. The van der Waals surface area contributed by atoms with E-state index in [0.717, 1.165) is 0 Å². The molecule has 0 heterocycles. The number of aromatic carboxylic acids is 2. The number of nitrogens with one attached hydrogen (secondary N) is 2. The highest BCUT2D eigenvalue weighted by molar-refractivity contribution is 6.05. The molecule has 0 bridgehead atoms. The van der Waals surface area contributed by atoms with Gasteiger partial charge in [0.1, 0.15) is 0 Å². The molecular formula is C18H20N2O8-2. The normalized spacial score (nSPS) is 8.64. The third-order valence-corrected chi connectivity index (χ3v) is 3.25. The maximum atomic E-state index is 11.2. The maximum absolute atomic E-state index is 11.2. The van der Waals surface area contributed by atoms with Gasteiger partial charge in [0.2, 0.25) is 0 Å². The Morgan fingerprint density at radius 2 is 1.07 bits per heavy atom. The molecule has 0 aliphatic carbocycles. The standard InChI is InChI=1S/2C9H9NO3.2H2O/c2*1-10-8(11)6-4-2-3-5-7(6)9(12)13;;/h2*2-5H,1H3,(H,10,11)(H,12,13);2*1H2/p-2. The predicted molar refractivity (Wildman–Crippen MR) is 96.5 cm³/mol. The Hall–Kier alpha value is -3.76. The van der Waals surface area contributed by atoms with Crippen molar-refractivity contribution in [3.05, 3.63) is 70.8 Å². The molecule has 0 aromatic heterocycles. The van der Waals surface area contributed by atoms with Crippen molar-refractivity contribution >= 4 is 23.8 Å². The summed E-state index contributed by atoms with van der Waals surface area (Å²) in [6.07, 6.45) is 0. The molecule has 0 unspecified atom stereocenters. The second-order valence-electron chi connectivity index (χ2n) is 4.84. The Balaban J connectivity index is 0. The Morgan fingerprint density at radius 1 is 0.750 bits per heavy atom. The van der Waals surface area contributed by atoms with Gasteiger partial charge in [-0.2, -0.15) is 0 Å². The van der Waals surface area contributed by atoms with Gasteiger partial charge in [0.05, 0.1) is 17.1 Å². The van der Waals surface area contributed by atoms with E-state index in [1.807, 2.05) is 0 Å². The van der Waals surface area contributed by atoms with Crippen molar-refractivity contribution in [3.63, 3.8) is 0 Å². The second kappa shape index (κ2) is 12.6. The first-order chi connectivity index (χ1) is 12.3. The van der Waals surface area contributed by atoms with E-state index in [9.17, 15) is 24.3 Å². The fraction of sp³-hybridized carbons (Fsp3) is 0.111. The third-order valence-electron chi connectivity index (χ3n) is 3.25. The minimum absolute atomic E-state index is 0. The summed E-state index contributed by atoms with van der Waals surface area (Å²) in [5.74, 6) is -3.27. The van der Waals surface area contributed by atoms with Crippen LogP contribution in [0.4, 0.5) is 0 Å². The van der Waals surface area contributed by atoms with E-state index in [1.165, 1.54) is 44.4 Å². The molecule has 2 amide bonds. The molecule has 0 spiro atoms. The summed E-state index contributed by atoms with van der Waals surface area (Å²) in [6, 6.07) is 12.0. The molecule has 0 saturated heterocycles. The quantitative estimate of drug-likeness (QED) is 0.602. The summed E-state index contributed by atoms with van der Waals surface area (Å²) in [7, 11) is 2.90. The van der Waals surface area contributed by atoms with E-state index in [1.54, 1.807) is 18.2 Å². The monoisotopic (exact) mass is 392 g/mol. The lowest BCUT2D eigenvalue weighted by Crippen LogP contribution is -2.27. The van der Waals surface area contributed by atoms with Crippen LogP contribution in [0.15, 0.2) is 48.5 Å². The maximum Gasteiger partial charge on any atom is 0.336 e. The molecule has 28 heavy (non-hydrogen) atoms. The van der Waals surface area contributed by atoms with Crippen molar-refractivity contribution in [2.24, 2.45) is 0 Å². The average Bonchev–Trinajstić information content (AvgIpc) is 2.67. The van der Waals surface area contributed by atoms with Gasteiger partial charge >= 0.3 is 5.97 Å². The van der Waals surface area contributed by atoms with Crippen LogP contribution in [0, 0.1) is 0 Å². The van der Waals surface area contributed by atoms with Crippen LogP contribution in [-0.2, 0) is 0 Å². The van der Waals surface area contributed by atoms with Crippen LogP contribution in [0.2, 0.25) is 0 Å². The van der Waals surface area contributed by atoms with Gasteiger partial charge in [0.25, 0.3) is 11.8 Å². The molecule has 2 rings (SSSR count). The topological polar surface area (TPSA) is 197 Å². The largest absolute Gasteiger partial charge is 0.870 e. The van der Waals surface area contributed by atoms with E-state index in [-0.39, 0.29) is 33.2 Å². The number of carboxylic acids is 2. The van der Waals surface area contributed by atoms with Gasteiger partial charge in [-0.15, -0.1) is 0 Å². The van der Waals surface area contributed by atoms with Gasteiger partial charge in [-0.05, 0) is 18.2 Å². The number of carbonyl (C=O) groups is 4.